The van der Waals surface area contributed by atoms with Crippen molar-refractivity contribution in [2.24, 2.45) is 0 Å². The zero-order chi connectivity index (χ0) is 26.1. The number of nitrogens with zero attached hydrogens (tertiary/aromatic N) is 1. The molecule has 0 radical (unpaired) electrons. The molecule has 2 aromatic carbocycles. The van der Waals surface area contributed by atoms with Crippen molar-refractivity contribution in [3.05, 3.63) is 130 Å². The standard InChI is InChI=1S/C29H28NS.BF4/c1-4-22(24-15-17-27(18-16-24)30(2)3)19-28-20-26(23-11-7-5-8-12-23)21-29(31-28)25-13-9-6-10-14-25;2-1(3,4)5/h5-21H,4H2,1-3H3;/q+1;-1/b28-19+;. The number of rotatable bonds is 4. The maximum atomic E-state index is 9.75. The lowest BCUT2D eigenvalue weighted by Crippen LogP contribution is -2.09. The first-order valence-corrected chi connectivity index (χ1v) is 12.4. The quantitative estimate of drug-likeness (QED) is 0.227. The molecule has 0 amide bonds. The highest BCUT2D eigenvalue weighted by atomic mass is 32.2. The van der Waals surface area contributed by atoms with Crippen LogP contribution in [0.15, 0.2) is 119 Å². The van der Waals surface area contributed by atoms with Crippen LogP contribution in [0.5, 0.6) is 0 Å². The summed E-state index contributed by atoms with van der Waals surface area (Å²) in [5.74, 6) is 0. The lowest BCUT2D eigenvalue weighted by atomic mass is 9.99. The maximum absolute atomic E-state index is 9.75. The fraction of sp³-hybridized carbons (Fsp3) is 0.138. The zero-order valence-corrected chi connectivity index (χ0v) is 21.3. The predicted octanol–water partition coefficient (Wildman–Crippen LogP) is 8.59. The van der Waals surface area contributed by atoms with Gasteiger partial charge >= 0.3 is 7.25 Å². The van der Waals surface area contributed by atoms with Crippen LogP contribution >= 0.6 is 11.8 Å². The molecule has 0 aromatic heterocycles. The number of hydrogen-bond acceptors (Lipinski definition) is 1. The molecule has 7 heteroatoms. The van der Waals surface area contributed by atoms with E-state index in [4.69, 9.17) is 0 Å². The molecule has 0 N–H and O–H groups in total. The molecule has 1 aliphatic heterocycles. The Morgan fingerprint density at radius 3 is 1.83 bits per heavy atom. The molecule has 1 nitrogen and oxygen atoms in total. The van der Waals surface area contributed by atoms with Crippen LogP contribution in [0.1, 0.15) is 24.5 Å². The van der Waals surface area contributed by atoms with E-state index in [1.165, 1.54) is 43.4 Å². The fourth-order valence-electron chi connectivity index (χ4n) is 3.67. The Morgan fingerprint density at radius 1 is 0.806 bits per heavy atom. The first-order valence-electron chi connectivity index (χ1n) is 11.6. The average molecular weight is 509 g/mol. The monoisotopic (exact) mass is 509 g/mol. The van der Waals surface area contributed by atoms with Crippen molar-refractivity contribution < 1.29 is 21.8 Å². The summed E-state index contributed by atoms with van der Waals surface area (Å²) in [5, 5.41) is 0. The summed E-state index contributed by atoms with van der Waals surface area (Å²) < 4.78 is 41.1. The van der Waals surface area contributed by atoms with Gasteiger partial charge < -0.3 is 17.3 Å². The first-order chi connectivity index (χ1) is 17.1. The molecule has 0 bridgehead atoms. The molecule has 2 aromatic rings. The summed E-state index contributed by atoms with van der Waals surface area (Å²) in [6, 6.07) is 21.3. The largest absolute Gasteiger partial charge is 0.673 e. The van der Waals surface area contributed by atoms with Gasteiger partial charge in [0.25, 0.3) is 0 Å². The normalized spacial score (nSPS) is 16.2. The molecule has 0 saturated carbocycles. The van der Waals surface area contributed by atoms with Crippen molar-refractivity contribution in [2.75, 3.05) is 14.1 Å². The van der Waals surface area contributed by atoms with Crippen LogP contribution < -0.4 is 0 Å². The van der Waals surface area contributed by atoms with E-state index in [0.29, 0.717) is 0 Å². The van der Waals surface area contributed by atoms with E-state index in [0.717, 1.165) is 6.42 Å². The van der Waals surface area contributed by atoms with E-state index in [9.17, 15) is 17.3 Å². The lowest BCUT2D eigenvalue weighted by Gasteiger charge is -2.18. The molecule has 0 fully saturated rings. The van der Waals surface area contributed by atoms with Crippen molar-refractivity contribution in [1.29, 1.82) is 0 Å². The van der Waals surface area contributed by atoms with Gasteiger partial charge in [-0.15, -0.1) is 0 Å². The highest BCUT2D eigenvalue weighted by Crippen LogP contribution is 2.42. The van der Waals surface area contributed by atoms with Crippen LogP contribution in [0.2, 0.25) is 0 Å². The Morgan fingerprint density at radius 2 is 1.33 bits per heavy atom. The van der Waals surface area contributed by atoms with Gasteiger partial charge in [-0.05, 0) is 64.6 Å². The SMILES string of the molecule is CCC(/C=C1\C=C(c2ccccc2)C=C(c2ccccc2)S1)=C1C=CC(=[N+](C)C)C=C1.F[B-](F)(F)F. The number of hydrogen-bond donors (Lipinski definition) is 0. The van der Waals surface area contributed by atoms with Gasteiger partial charge in [-0.1, -0.05) is 79.3 Å². The highest BCUT2D eigenvalue weighted by molar-refractivity contribution is 8.12. The topological polar surface area (TPSA) is 3.01 Å². The zero-order valence-electron chi connectivity index (χ0n) is 20.5. The fourth-order valence-corrected chi connectivity index (χ4v) is 4.75. The van der Waals surface area contributed by atoms with Crippen molar-refractivity contribution in [1.82, 2.24) is 0 Å². The number of thioether (sulfide) groups is 1. The van der Waals surface area contributed by atoms with Gasteiger partial charge in [-0.2, -0.15) is 0 Å². The van der Waals surface area contributed by atoms with Crippen molar-refractivity contribution in [3.8, 4) is 0 Å². The number of halogens is 4. The molecule has 0 unspecified atom stereocenters. The summed E-state index contributed by atoms with van der Waals surface area (Å²) in [6.07, 6.45) is 16.8. The minimum Gasteiger partial charge on any atom is -0.418 e. The summed E-state index contributed by atoms with van der Waals surface area (Å²) in [5.41, 5.74) is 7.61. The second-order valence-corrected chi connectivity index (χ2v) is 9.42. The molecule has 2 aliphatic rings. The van der Waals surface area contributed by atoms with E-state index in [2.05, 4.69) is 129 Å². The van der Waals surface area contributed by atoms with Gasteiger partial charge in [0, 0.05) is 22.0 Å². The molecule has 1 heterocycles. The van der Waals surface area contributed by atoms with Crippen LogP contribution in [0.4, 0.5) is 17.3 Å². The molecule has 4 rings (SSSR count). The summed E-state index contributed by atoms with van der Waals surface area (Å²) in [7, 11) is -1.85. The first kappa shape index (κ1) is 27.3. The lowest BCUT2D eigenvalue weighted by molar-refractivity contribution is -0.462. The minimum atomic E-state index is -6.00. The minimum absolute atomic E-state index is 0.990. The molecule has 186 valence electrons. The number of allylic oxidation sites excluding steroid dienone is 10. The van der Waals surface area contributed by atoms with E-state index in [1.807, 2.05) is 11.8 Å². The van der Waals surface area contributed by atoms with E-state index in [1.54, 1.807) is 0 Å². The smallest absolute Gasteiger partial charge is 0.418 e. The van der Waals surface area contributed by atoms with Gasteiger partial charge in [0.05, 0.1) is 0 Å². The Bertz CT molecular complexity index is 1250. The maximum Gasteiger partial charge on any atom is 0.673 e. The summed E-state index contributed by atoms with van der Waals surface area (Å²) >= 11 is 1.85. The number of benzene rings is 2. The molecule has 0 atom stereocenters. The Hall–Kier alpha value is -3.32. The van der Waals surface area contributed by atoms with Crippen molar-refractivity contribution in [3.63, 3.8) is 0 Å². The Balaban J connectivity index is 0.000000658. The molecular weight excluding hydrogens is 481 g/mol. The van der Waals surface area contributed by atoms with Crippen LogP contribution in [0, 0.1) is 0 Å². The van der Waals surface area contributed by atoms with Crippen molar-refractivity contribution >= 4 is 35.2 Å². The third kappa shape index (κ3) is 8.42. The molecule has 0 saturated heterocycles. The second-order valence-electron chi connectivity index (χ2n) is 8.30. The van der Waals surface area contributed by atoms with Gasteiger partial charge in [0.1, 0.15) is 14.1 Å². The molecule has 36 heavy (non-hydrogen) atoms. The van der Waals surface area contributed by atoms with Crippen LogP contribution in [0.3, 0.4) is 0 Å². The van der Waals surface area contributed by atoms with E-state index < -0.39 is 7.25 Å². The average Bonchev–Trinajstić information content (AvgIpc) is 2.87. The van der Waals surface area contributed by atoms with Gasteiger partial charge in [-0.3, -0.25) is 0 Å². The summed E-state index contributed by atoms with van der Waals surface area (Å²) in [6.45, 7) is 2.23. The van der Waals surface area contributed by atoms with Crippen LogP contribution in [0.25, 0.3) is 10.5 Å². The Labute approximate surface area is 214 Å². The highest BCUT2D eigenvalue weighted by Gasteiger charge is 2.20. The van der Waals surface area contributed by atoms with Crippen LogP contribution in [-0.2, 0) is 0 Å². The van der Waals surface area contributed by atoms with Crippen LogP contribution in [-0.4, -0.2) is 31.6 Å². The van der Waals surface area contributed by atoms with Gasteiger partial charge in [-0.25, -0.2) is 4.58 Å². The second kappa shape index (κ2) is 12.6. The third-order valence-electron chi connectivity index (χ3n) is 5.43. The summed E-state index contributed by atoms with van der Waals surface area (Å²) in [4.78, 5) is 2.56. The van der Waals surface area contributed by atoms with E-state index >= 15 is 0 Å². The van der Waals surface area contributed by atoms with Crippen molar-refractivity contribution in [2.45, 2.75) is 13.3 Å². The van der Waals surface area contributed by atoms with Gasteiger partial charge in [0.2, 0.25) is 0 Å². The molecule has 1 aliphatic carbocycles. The predicted molar refractivity (Wildman–Crippen MR) is 147 cm³/mol. The molecular formula is C29H28BF4NS. The van der Waals surface area contributed by atoms with E-state index in [-0.39, 0.29) is 0 Å². The Kier molecular flexibility index (Phi) is 9.54. The molecule has 0 spiro atoms. The van der Waals surface area contributed by atoms with Gasteiger partial charge in [0.15, 0.2) is 5.71 Å². The third-order valence-corrected chi connectivity index (χ3v) is 6.47.